The highest BCUT2D eigenvalue weighted by molar-refractivity contribution is 4.99. The summed E-state index contributed by atoms with van der Waals surface area (Å²) in [4.78, 5) is 0. The minimum atomic E-state index is -5.66. The van der Waals surface area contributed by atoms with Crippen LogP contribution in [0.25, 0.3) is 0 Å². The van der Waals surface area contributed by atoms with Crippen molar-refractivity contribution in [3.05, 3.63) is 11.9 Å². The Kier molecular flexibility index (Phi) is 4.47. The van der Waals surface area contributed by atoms with Crippen molar-refractivity contribution in [2.45, 2.75) is 24.3 Å². The predicted molar refractivity (Wildman–Crippen MR) is 32.3 cm³/mol. The van der Waals surface area contributed by atoms with Crippen molar-refractivity contribution in [1.82, 2.24) is 0 Å². The molecule has 0 aliphatic carbocycles. The van der Waals surface area contributed by atoms with Crippen LogP contribution in [0.2, 0.25) is 0 Å². The van der Waals surface area contributed by atoms with Gasteiger partial charge in [0.05, 0.1) is 0 Å². The van der Waals surface area contributed by atoms with E-state index >= 15 is 0 Å². The van der Waals surface area contributed by atoms with E-state index in [1.165, 1.54) is 0 Å². The monoisotopic (exact) mass is 316 g/mol. The van der Waals surface area contributed by atoms with Crippen molar-refractivity contribution in [3.63, 3.8) is 0 Å². The van der Waals surface area contributed by atoms with E-state index in [2.05, 4.69) is 4.74 Å². The molecule has 0 aromatic rings. The number of hydrogen-bond donors (Lipinski definition) is 0. The lowest BCUT2D eigenvalue weighted by molar-refractivity contribution is -0.231. The van der Waals surface area contributed by atoms with Crippen LogP contribution in [0.1, 0.15) is 0 Å². The van der Waals surface area contributed by atoms with Crippen molar-refractivity contribution in [1.29, 1.82) is 0 Å². The second kappa shape index (κ2) is 4.76. The van der Waals surface area contributed by atoms with Gasteiger partial charge in [-0.1, -0.05) is 0 Å². The zero-order valence-corrected chi connectivity index (χ0v) is 7.94. The Bertz CT molecular complexity index is 359. The molecule has 1 nitrogen and oxygen atoms in total. The lowest BCUT2D eigenvalue weighted by Crippen LogP contribution is -2.32. The van der Waals surface area contributed by atoms with Gasteiger partial charge in [-0.2, -0.15) is 52.7 Å². The molecule has 0 bridgehead atoms. The third-order valence-corrected chi connectivity index (χ3v) is 1.38. The fourth-order valence-corrected chi connectivity index (χ4v) is 0.481. The third kappa shape index (κ3) is 3.91. The van der Waals surface area contributed by atoms with E-state index in [9.17, 15) is 52.7 Å². The van der Waals surface area contributed by atoms with Crippen LogP contribution in [0.5, 0.6) is 0 Å². The number of ether oxygens (including phenoxy) is 1. The fraction of sp³-hybridized carbons (Fsp3) is 0.667. The van der Waals surface area contributed by atoms with Gasteiger partial charge in [0.1, 0.15) is 0 Å². The van der Waals surface area contributed by atoms with Crippen molar-refractivity contribution in [2.24, 2.45) is 0 Å². The molecule has 1 aliphatic heterocycles. The first-order valence-electron chi connectivity index (χ1n) is 3.68. The molecule has 0 aromatic carbocycles. The predicted octanol–water partition coefficient (Wildman–Crippen LogP) is 4.46. The summed E-state index contributed by atoms with van der Waals surface area (Å²) in [6.45, 7) is 0. The molecule has 1 saturated heterocycles. The normalized spacial score (nSPS) is 25.3. The highest BCUT2D eigenvalue weighted by Gasteiger charge is 2.90. The van der Waals surface area contributed by atoms with Gasteiger partial charge >= 0.3 is 30.4 Å². The van der Waals surface area contributed by atoms with Crippen LogP contribution in [0, 0.1) is 0 Å². The Morgan fingerprint density at radius 2 is 1.11 bits per heavy atom. The van der Waals surface area contributed by atoms with Crippen LogP contribution in [0.4, 0.5) is 52.7 Å². The third-order valence-electron chi connectivity index (χ3n) is 1.38. The molecule has 1 atom stereocenters. The summed E-state index contributed by atoms with van der Waals surface area (Å²) in [5.41, 5.74) is 0. The topological polar surface area (TPSA) is 12.5 Å². The first kappa shape index (κ1) is 17.9. The molecule has 0 spiro atoms. The number of allylic oxidation sites excluding steroid dienone is 1. The van der Waals surface area contributed by atoms with Crippen molar-refractivity contribution in [3.8, 4) is 0 Å². The lowest BCUT2D eigenvalue weighted by Gasteiger charge is -2.04. The summed E-state index contributed by atoms with van der Waals surface area (Å²) in [5.74, 6) is -8.08. The number of alkyl halides is 9. The smallest absolute Gasteiger partial charge is 0.263 e. The second-order valence-corrected chi connectivity index (χ2v) is 2.78. The maximum absolute atomic E-state index is 11.7. The Morgan fingerprint density at radius 3 is 1.11 bits per heavy atom. The average Bonchev–Trinajstić information content (AvgIpc) is 2.64. The minimum Gasteiger partial charge on any atom is -0.263 e. The van der Waals surface area contributed by atoms with Gasteiger partial charge in [-0.3, -0.25) is 4.74 Å². The van der Waals surface area contributed by atoms with E-state index in [1.807, 2.05) is 0 Å². The minimum absolute atomic E-state index is 2.53. The lowest BCUT2D eigenvalue weighted by atomic mass is 10.4. The molecular formula is C6F12O. The molecule has 1 unspecified atom stereocenters. The van der Waals surface area contributed by atoms with Gasteiger partial charge in [0.15, 0.2) is 0 Å². The Balaban J connectivity index is 0.000000344. The second-order valence-electron chi connectivity index (χ2n) is 2.78. The molecule has 1 heterocycles. The van der Waals surface area contributed by atoms with Crippen LogP contribution in [-0.4, -0.2) is 24.3 Å². The van der Waals surface area contributed by atoms with E-state index in [0.717, 1.165) is 0 Å². The van der Waals surface area contributed by atoms with Crippen molar-refractivity contribution in [2.75, 3.05) is 0 Å². The zero-order valence-electron chi connectivity index (χ0n) is 7.94. The van der Waals surface area contributed by atoms with Gasteiger partial charge in [0, 0.05) is 0 Å². The van der Waals surface area contributed by atoms with Crippen LogP contribution < -0.4 is 0 Å². The molecular weight excluding hydrogens is 316 g/mol. The molecule has 0 N–H and O–H groups in total. The molecule has 0 aromatic heterocycles. The quantitative estimate of drug-likeness (QED) is 0.475. The van der Waals surface area contributed by atoms with E-state index in [0.29, 0.717) is 0 Å². The van der Waals surface area contributed by atoms with Gasteiger partial charge in [-0.15, -0.1) is 0 Å². The zero-order chi connectivity index (χ0) is 15.9. The summed E-state index contributed by atoms with van der Waals surface area (Å²) >= 11 is 0. The summed E-state index contributed by atoms with van der Waals surface area (Å²) in [6.07, 6.45) is -19.3. The molecule has 1 aliphatic rings. The molecule has 0 radical (unpaired) electrons. The Labute approximate surface area is 95.0 Å². The molecule has 13 heteroatoms. The molecule has 0 saturated carbocycles. The summed E-state index contributed by atoms with van der Waals surface area (Å²) in [6, 6.07) is 0. The fourth-order valence-electron chi connectivity index (χ4n) is 0.481. The number of hydrogen-bond acceptors (Lipinski definition) is 1. The summed E-state index contributed by atoms with van der Waals surface area (Å²) in [7, 11) is 0. The standard InChI is InChI=1S/C3F6O.C3F6/c4-1(2(5,6)7)3(8,9)10-1;4-1(2(5)6)3(7,8)9. The largest absolute Gasteiger partial charge is 0.458 e. The number of rotatable bonds is 0. The molecule has 114 valence electrons. The molecule has 19 heavy (non-hydrogen) atoms. The summed E-state index contributed by atoms with van der Waals surface area (Å²) in [5, 5.41) is 0. The van der Waals surface area contributed by atoms with Gasteiger partial charge in [0.2, 0.25) is 0 Å². The van der Waals surface area contributed by atoms with Crippen molar-refractivity contribution >= 4 is 0 Å². The van der Waals surface area contributed by atoms with Gasteiger partial charge in [-0.05, 0) is 0 Å². The highest BCUT2D eigenvalue weighted by Crippen LogP contribution is 2.60. The van der Waals surface area contributed by atoms with E-state index in [4.69, 9.17) is 0 Å². The van der Waals surface area contributed by atoms with E-state index in [-0.39, 0.29) is 0 Å². The number of halogens is 12. The Hall–Kier alpha value is -1.14. The maximum Gasteiger partial charge on any atom is 0.458 e. The van der Waals surface area contributed by atoms with E-state index in [1.54, 1.807) is 0 Å². The summed E-state index contributed by atoms with van der Waals surface area (Å²) < 4.78 is 135. The van der Waals surface area contributed by atoms with Crippen LogP contribution >= 0.6 is 0 Å². The van der Waals surface area contributed by atoms with Crippen LogP contribution in [0.3, 0.4) is 0 Å². The molecule has 1 fully saturated rings. The Morgan fingerprint density at radius 1 is 0.789 bits per heavy atom. The van der Waals surface area contributed by atoms with Crippen molar-refractivity contribution < 1.29 is 57.4 Å². The average molecular weight is 316 g/mol. The van der Waals surface area contributed by atoms with Crippen LogP contribution in [0.15, 0.2) is 11.9 Å². The van der Waals surface area contributed by atoms with Crippen LogP contribution in [-0.2, 0) is 4.74 Å². The SMILES string of the molecule is FC(F)(F)C1(F)OC1(F)F.FC(F)=C(F)C(F)(F)F. The molecule has 1 rings (SSSR count). The first-order chi connectivity index (χ1) is 8.06. The highest BCUT2D eigenvalue weighted by atomic mass is 19.4. The van der Waals surface area contributed by atoms with Gasteiger partial charge in [-0.25, -0.2) is 0 Å². The molecule has 0 amide bonds. The maximum atomic E-state index is 11.7. The number of epoxide rings is 1. The van der Waals surface area contributed by atoms with Gasteiger partial charge < -0.3 is 0 Å². The van der Waals surface area contributed by atoms with E-state index < -0.39 is 36.2 Å². The van der Waals surface area contributed by atoms with Gasteiger partial charge in [0.25, 0.3) is 5.83 Å². The first-order valence-corrected chi connectivity index (χ1v) is 3.68.